The van der Waals surface area contributed by atoms with Crippen molar-refractivity contribution < 1.29 is 9.90 Å². The number of carbonyl (C=O) groups is 1. The number of hydrogen-bond acceptors (Lipinski definition) is 2. The molecule has 2 N–H and O–H groups in total. The molecule has 0 fully saturated rings. The summed E-state index contributed by atoms with van der Waals surface area (Å²) < 4.78 is 0. The molecule has 1 aliphatic carbocycles. The van der Waals surface area contributed by atoms with Gasteiger partial charge >= 0.3 is 0 Å². The molecule has 3 nitrogen and oxygen atoms in total. The van der Waals surface area contributed by atoms with Crippen molar-refractivity contribution in [1.82, 2.24) is 5.32 Å². The lowest BCUT2D eigenvalue weighted by Crippen LogP contribution is -2.41. The zero-order valence-corrected chi connectivity index (χ0v) is 11.3. The molecule has 0 aromatic heterocycles. The van der Waals surface area contributed by atoms with E-state index >= 15 is 0 Å². The monoisotopic (exact) mass is 259 g/mol. The van der Waals surface area contributed by atoms with E-state index in [-0.39, 0.29) is 18.4 Å². The Balaban J connectivity index is 1.90. The average Bonchev–Trinajstić information content (AvgIpc) is 2.47. The first-order chi connectivity index (χ1) is 9.09. The Bertz CT molecular complexity index is 451. The third kappa shape index (κ3) is 3.67. The minimum atomic E-state index is -1.03. The van der Waals surface area contributed by atoms with E-state index in [0.717, 1.165) is 24.8 Å². The third-order valence-corrected chi connectivity index (χ3v) is 3.64. The summed E-state index contributed by atoms with van der Waals surface area (Å²) in [6.07, 6.45) is 6.84. The van der Waals surface area contributed by atoms with Crippen LogP contribution in [-0.4, -0.2) is 17.6 Å². The molecule has 1 aromatic carbocycles. The molecule has 0 saturated heterocycles. The van der Waals surface area contributed by atoms with Gasteiger partial charge in [-0.05, 0) is 31.7 Å². The fourth-order valence-corrected chi connectivity index (χ4v) is 2.33. The number of hydrogen-bond donors (Lipinski definition) is 2. The van der Waals surface area contributed by atoms with E-state index in [1.807, 2.05) is 30.3 Å². The van der Waals surface area contributed by atoms with Gasteiger partial charge in [-0.25, -0.2) is 0 Å². The number of amides is 1. The highest BCUT2D eigenvalue weighted by atomic mass is 16.3. The second-order valence-electron chi connectivity index (χ2n) is 5.34. The summed E-state index contributed by atoms with van der Waals surface area (Å²) in [5, 5.41) is 13.3. The standard InChI is InChI=1S/C16H21NO2/c1-16(19,14-10-6-3-7-11-14)12-17-15(18)13-8-4-2-5-9-13/h2-4,6-7,10-11,13,19H,5,8-9,12H2,1H3,(H,17,18)/t13-,16-/m0/s1. The van der Waals surface area contributed by atoms with Crippen LogP contribution in [0.3, 0.4) is 0 Å². The SMILES string of the molecule is C[C@](O)(CNC(=O)[C@H]1CC=CCC1)c1ccccc1. The molecule has 102 valence electrons. The molecular weight excluding hydrogens is 238 g/mol. The van der Waals surface area contributed by atoms with Crippen LogP contribution in [0, 0.1) is 5.92 Å². The molecule has 0 spiro atoms. The van der Waals surface area contributed by atoms with E-state index in [4.69, 9.17) is 0 Å². The summed E-state index contributed by atoms with van der Waals surface area (Å²) >= 11 is 0. The fraction of sp³-hybridized carbons (Fsp3) is 0.438. The van der Waals surface area contributed by atoms with Crippen molar-refractivity contribution in [3.8, 4) is 0 Å². The quantitative estimate of drug-likeness (QED) is 0.816. The van der Waals surface area contributed by atoms with Gasteiger partial charge < -0.3 is 10.4 Å². The van der Waals surface area contributed by atoms with Crippen molar-refractivity contribution in [3.05, 3.63) is 48.0 Å². The van der Waals surface area contributed by atoms with Crippen LogP contribution in [0.25, 0.3) is 0 Å². The molecule has 0 bridgehead atoms. The van der Waals surface area contributed by atoms with Gasteiger partial charge in [-0.1, -0.05) is 42.5 Å². The Morgan fingerprint density at radius 2 is 2.11 bits per heavy atom. The number of benzene rings is 1. The molecule has 0 aliphatic heterocycles. The molecule has 0 unspecified atom stereocenters. The average molecular weight is 259 g/mol. The largest absolute Gasteiger partial charge is 0.384 e. The molecule has 1 amide bonds. The van der Waals surface area contributed by atoms with Crippen molar-refractivity contribution in [3.63, 3.8) is 0 Å². The Labute approximate surface area is 114 Å². The van der Waals surface area contributed by atoms with Gasteiger partial charge in [-0.3, -0.25) is 4.79 Å². The minimum absolute atomic E-state index is 0.0422. The van der Waals surface area contributed by atoms with Gasteiger partial charge in [0.1, 0.15) is 5.60 Å². The predicted molar refractivity (Wildman–Crippen MR) is 75.5 cm³/mol. The van der Waals surface area contributed by atoms with Crippen LogP contribution in [0.15, 0.2) is 42.5 Å². The van der Waals surface area contributed by atoms with Crippen LogP contribution < -0.4 is 5.32 Å². The Kier molecular flexibility index (Phi) is 4.38. The molecule has 2 rings (SSSR count). The van der Waals surface area contributed by atoms with Crippen molar-refractivity contribution in [1.29, 1.82) is 0 Å². The summed E-state index contributed by atoms with van der Waals surface area (Å²) in [6, 6.07) is 9.42. The van der Waals surface area contributed by atoms with E-state index < -0.39 is 5.60 Å². The Morgan fingerprint density at radius 1 is 1.37 bits per heavy atom. The van der Waals surface area contributed by atoms with E-state index in [1.165, 1.54) is 0 Å². The summed E-state index contributed by atoms with van der Waals surface area (Å²) in [6.45, 7) is 1.97. The van der Waals surface area contributed by atoms with Crippen molar-refractivity contribution in [2.75, 3.05) is 6.54 Å². The molecular formula is C16H21NO2. The van der Waals surface area contributed by atoms with E-state index in [9.17, 15) is 9.90 Å². The van der Waals surface area contributed by atoms with E-state index in [0.29, 0.717) is 0 Å². The number of aliphatic hydroxyl groups is 1. The lowest BCUT2D eigenvalue weighted by Gasteiger charge is -2.26. The zero-order chi connectivity index (χ0) is 13.7. The second-order valence-corrected chi connectivity index (χ2v) is 5.34. The summed E-state index contributed by atoms with van der Waals surface area (Å²) in [7, 11) is 0. The highest BCUT2D eigenvalue weighted by Crippen LogP contribution is 2.21. The zero-order valence-electron chi connectivity index (χ0n) is 11.3. The molecule has 0 heterocycles. The maximum Gasteiger partial charge on any atom is 0.223 e. The third-order valence-electron chi connectivity index (χ3n) is 3.64. The maximum absolute atomic E-state index is 12.0. The topological polar surface area (TPSA) is 49.3 Å². The number of nitrogens with one attached hydrogen (secondary N) is 1. The molecule has 2 atom stereocenters. The van der Waals surface area contributed by atoms with E-state index in [2.05, 4.69) is 17.5 Å². The van der Waals surface area contributed by atoms with Crippen LogP contribution in [0.4, 0.5) is 0 Å². The number of allylic oxidation sites excluding steroid dienone is 2. The highest BCUT2D eigenvalue weighted by Gasteiger charge is 2.25. The predicted octanol–water partition coefficient (Wildman–Crippen LogP) is 2.37. The Hall–Kier alpha value is -1.61. The van der Waals surface area contributed by atoms with Crippen LogP contribution in [0.1, 0.15) is 31.7 Å². The van der Waals surface area contributed by atoms with Crippen molar-refractivity contribution >= 4 is 5.91 Å². The molecule has 1 aliphatic rings. The lowest BCUT2D eigenvalue weighted by molar-refractivity contribution is -0.126. The molecule has 0 saturated carbocycles. The van der Waals surface area contributed by atoms with Gasteiger partial charge in [0.05, 0.1) is 6.54 Å². The number of carbonyl (C=O) groups excluding carboxylic acids is 1. The van der Waals surface area contributed by atoms with Gasteiger partial charge in [0, 0.05) is 5.92 Å². The molecule has 1 aromatic rings. The Morgan fingerprint density at radius 3 is 2.74 bits per heavy atom. The molecule has 0 radical (unpaired) electrons. The first kappa shape index (κ1) is 13.8. The van der Waals surface area contributed by atoms with Gasteiger partial charge in [0.25, 0.3) is 0 Å². The first-order valence-electron chi connectivity index (χ1n) is 6.80. The minimum Gasteiger partial charge on any atom is -0.384 e. The smallest absolute Gasteiger partial charge is 0.223 e. The van der Waals surface area contributed by atoms with Gasteiger partial charge in [0.2, 0.25) is 5.91 Å². The fourth-order valence-electron chi connectivity index (χ4n) is 2.33. The first-order valence-corrected chi connectivity index (χ1v) is 6.80. The normalized spacial score (nSPS) is 21.7. The maximum atomic E-state index is 12.0. The van der Waals surface area contributed by atoms with Crippen LogP contribution in [-0.2, 0) is 10.4 Å². The van der Waals surface area contributed by atoms with Gasteiger partial charge in [0.15, 0.2) is 0 Å². The van der Waals surface area contributed by atoms with Crippen LogP contribution in [0.5, 0.6) is 0 Å². The molecule has 19 heavy (non-hydrogen) atoms. The van der Waals surface area contributed by atoms with Crippen molar-refractivity contribution in [2.24, 2.45) is 5.92 Å². The van der Waals surface area contributed by atoms with Gasteiger partial charge in [-0.15, -0.1) is 0 Å². The van der Waals surface area contributed by atoms with E-state index in [1.54, 1.807) is 6.92 Å². The van der Waals surface area contributed by atoms with Crippen molar-refractivity contribution in [2.45, 2.75) is 31.8 Å². The van der Waals surface area contributed by atoms with Crippen LogP contribution >= 0.6 is 0 Å². The molecule has 3 heteroatoms. The number of rotatable bonds is 4. The van der Waals surface area contributed by atoms with Crippen LogP contribution in [0.2, 0.25) is 0 Å². The summed E-state index contributed by atoms with van der Waals surface area (Å²) in [5.41, 5.74) is -0.208. The lowest BCUT2D eigenvalue weighted by atomic mass is 9.92. The summed E-state index contributed by atoms with van der Waals surface area (Å²) in [5.74, 6) is 0.0946. The summed E-state index contributed by atoms with van der Waals surface area (Å²) in [4.78, 5) is 12.0. The highest BCUT2D eigenvalue weighted by molar-refractivity contribution is 5.79. The second kappa shape index (κ2) is 6.02. The van der Waals surface area contributed by atoms with Gasteiger partial charge in [-0.2, -0.15) is 0 Å².